The van der Waals surface area contributed by atoms with Crippen molar-refractivity contribution in [3.63, 3.8) is 0 Å². The Labute approximate surface area is 111 Å². The van der Waals surface area contributed by atoms with Crippen LogP contribution in [-0.4, -0.2) is 23.2 Å². The molecule has 0 radical (unpaired) electrons. The number of furan rings is 1. The van der Waals surface area contributed by atoms with E-state index in [0.29, 0.717) is 11.1 Å². The van der Waals surface area contributed by atoms with Crippen molar-refractivity contribution < 1.29 is 14.3 Å². The summed E-state index contributed by atoms with van der Waals surface area (Å²) in [5.74, 6) is -0.166. The number of aliphatic hydroxyl groups is 1. The fourth-order valence-electron chi connectivity index (χ4n) is 2.84. The van der Waals surface area contributed by atoms with E-state index in [-0.39, 0.29) is 12.5 Å². The smallest absolute Gasteiger partial charge is 0.255 e. The van der Waals surface area contributed by atoms with Gasteiger partial charge in [-0.15, -0.1) is 0 Å². The largest absolute Gasteiger partial charge is 0.463 e. The predicted octanol–water partition coefficient (Wildman–Crippen LogP) is 2.47. The van der Waals surface area contributed by atoms with Crippen LogP contribution in [0.15, 0.2) is 34.9 Å². The second kappa shape index (κ2) is 4.70. The standard InChI is InChI=1S/C15H17NO3/c17-10-15(7-3-4-8-15)16-14(18)12-9-19-13-6-2-1-5-11(12)13/h1-2,5-6,9,17H,3-4,7-8,10H2,(H,16,18). The number of benzene rings is 1. The summed E-state index contributed by atoms with van der Waals surface area (Å²) in [6.07, 6.45) is 5.26. The molecule has 0 saturated heterocycles. The summed E-state index contributed by atoms with van der Waals surface area (Å²) in [6, 6.07) is 7.46. The van der Waals surface area contributed by atoms with Crippen molar-refractivity contribution in [3.05, 3.63) is 36.1 Å². The van der Waals surface area contributed by atoms with Crippen molar-refractivity contribution in [1.29, 1.82) is 0 Å². The first-order valence-electron chi connectivity index (χ1n) is 6.64. The van der Waals surface area contributed by atoms with Gasteiger partial charge >= 0.3 is 0 Å². The molecule has 1 aromatic heterocycles. The van der Waals surface area contributed by atoms with Crippen LogP contribution in [0.5, 0.6) is 0 Å². The zero-order chi connectivity index (χ0) is 13.3. The number of hydrogen-bond donors (Lipinski definition) is 2. The molecule has 100 valence electrons. The normalized spacial score (nSPS) is 17.7. The summed E-state index contributed by atoms with van der Waals surface area (Å²) < 4.78 is 5.38. The van der Waals surface area contributed by atoms with Crippen LogP contribution in [0, 0.1) is 0 Å². The SMILES string of the molecule is O=C(NC1(CO)CCCC1)c1coc2ccccc12. The fourth-order valence-corrected chi connectivity index (χ4v) is 2.84. The molecule has 2 N–H and O–H groups in total. The number of nitrogens with one attached hydrogen (secondary N) is 1. The van der Waals surface area contributed by atoms with Crippen LogP contribution in [0.2, 0.25) is 0 Å². The third kappa shape index (κ3) is 2.12. The average molecular weight is 259 g/mol. The highest BCUT2D eigenvalue weighted by Crippen LogP contribution is 2.30. The maximum Gasteiger partial charge on any atom is 0.255 e. The Morgan fingerprint density at radius 2 is 2.05 bits per heavy atom. The molecule has 3 rings (SSSR count). The van der Waals surface area contributed by atoms with Gasteiger partial charge in [-0.2, -0.15) is 0 Å². The van der Waals surface area contributed by atoms with Crippen LogP contribution in [0.1, 0.15) is 36.0 Å². The Bertz CT molecular complexity index is 596. The number of carbonyl (C=O) groups excluding carboxylic acids is 1. The van der Waals surface area contributed by atoms with Gasteiger partial charge in [-0.1, -0.05) is 31.0 Å². The van der Waals surface area contributed by atoms with E-state index in [1.54, 1.807) is 0 Å². The topological polar surface area (TPSA) is 62.5 Å². The predicted molar refractivity (Wildman–Crippen MR) is 72.0 cm³/mol. The van der Waals surface area contributed by atoms with E-state index in [1.165, 1.54) is 6.26 Å². The highest BCUT2D eigenvalue weighted by molar-refractivity contribution is 6.06. The molecule has 0 unspecified atom stereocenters. The maximum absolute atomic E-state index is 12.4. The first-order valence-corrected chi connectivity index (χ1v) is 6.64. The molecule has 0 atom stereocenters. The minimum absolute atomic E-state index is 0.00543. The van der Waals surface area contributed by atoms with Crippen molar-refractivity contribution in [2.75, 3.05) is 6.61 Å². The highest BCUT2D eigenvalue weighted by atomic mass is 16.3. The summed E-state index contributed by atoms with van der Waals surface area (Å²) in [4.78, 5) is 12.4. The van der Waals surface area contributed by atoms with E-state index in [0.717, 1.165) is 31.1 Å². The van der Waals surface area contributed by atoms with Gasteiger partial charge in [0.05, 0.1) is 17.7 Å². The molecule has 4 nitrogen and oxygen atoms in total. The summed E-state index contributed by atoms with van der Waals surface area (Å²) in [5.41, 5.74) is 0.794. The van der Waals surface area contributed by atoms with Crippen molar-refractivity contribution in [2.24, 2.45) is 0 Å². The lowest BCUT2D eigenvalue weighted by Gasteiger charge is -2.27. The van der Waals surface area contributed by atoms with Crippen molar-refractivity contribution in [3.8, 4) is 0 Å². The summed E-state index contributed by atoms with van der Waals surface area (Å²) in [6.45, 7) is -0.00543. The Hall–Kier alpha value is -1.81. The van der Waals surface area contributed by atoms with Gasteiger partial charge in [0.1, 0.15) is 11.8 Å². The van der Waals surface area contributed by atoms with Crippen molar-refractivity contribution in [1.82, 2.24) is 5.32 Å². The van der Waals surface area contributed by atoms with Gasteiger partial charge in [-0.3, -0.25) is 4.79 Å². The minimum Gasteiger partial charge on any atom is -0.463 e. The van der Waals surface area contributed by atoms with Crippen LogP contribution in [-0.2, 0) is 0 Å². The van der Waals surface area contributed by atoms with Gasteiger partial charge in [0.25, 0.3) is 5.91 Å². The third-order valence-electron chi connectivity index (χ3n) is 3.97. The van der Waals surface area contributed by atoms with E-state index in [4.69, 9.17) is 4.42 Å². The van der Waals surface area contributed by atoms with Crippen LogP contribution in [0.4, 0.5) is 0 Å². The average Bonchev–Trinajstić information content (AvgIpc) is 3.05. The lowest BCUT2D eigenvalue weighted by Crippen LogP contribution is -2.49. The zero-order valence-corrected chi connectivity index (χ0v) is 10.7. The number of fused-ring (bicyclic) bond motifs is 1. The highest BCUT2D eigenvalue weighted by Gasteiger charge is 2.35. The number of aliphatic hydroxyl groups excluding tert-OH is 1. The Balaban J connectivity index is 1.88. The van der Waals surface area contributed by atoms with Crippen molar-refractivity contribution in [2.45, 2.75) is 31.2 Å². The second-order valence-corrected chi connectivity index (χ2v) is 5.25. The van der Waals surface area contributed by atoms with Crippen LogP contribution in [0.3, 0.4) is 0 Å². The number of para-hydroxylation sites is 1. The summed E-state index contributed by atoms with van der Waals surface area (Å²) in [7, 11) is 0. The van der Waals surface area contributed by atoms with E-state index >= 15 is 0 Å². The molecule has 0 bridgehead atoms. The lowest BCUT2D eigenvalue weighted by molar-refractivity contribution is 0.0839. The second-order valence-electron chi connectivity index (χ2n) is 5.25. The van der Waals surface area contributed by atoms with Gasteiger partial charge in [-0.25, -0.2) is 0 Å². The fraction of sp³-hybridized carbons (Fsp3) is 0.400. The molecule has 1 heterocycles. The molecule has 19 heavy (non-hydrogen) atoms. The quantitative estimate of drug-likeness (QED) is 0.890. The monoisotopic (exact) mass is 259 g/mol. The Kier molecular flexibility index (Phi) is 3.03. The molecule has 0 aliphatic heterocycles. The molecule has 1 aromatic carbocycles. The molecule has 1 amide bonds. The molecule has 1 aliphatic carbocycles. The van der Waals surface area contributed by atoms with E-state index in [9.17, 15) is 9.90 Å². The van der Waals surface area contributed by atoms with Crippen LogP contribution >= 0.6 is 0 Å². The third-order valence-corrected chi connectivity index (χ3v) is 3.97. The number of amides is 1. The number of carbonyl (C=O) groups is 1. The van der Waals surface area contributed by atoms with Crippen LogP contribution in [0.25, 0.3) is 11.0 Å². The molecular formula is C15H17NO3. The Morgan fingerprint density at radius 3 is 2.79 bits per heavy atom. The molecule has 4 heteroatoms. The molecule has 2 aromatic rings. The van der Waals surface area contributed by atoms with Gasteiger partial charge in [-0.05, 0) is 18.9 Å². The molecule has 1 fully saturated rings. The number of rotatable bonds is 3. The minimum atomic E-state index is -0.449. The van der Waals surface area contributed by atoms with E-state index < -0.39 is 5.54 Å². The van der Waals surface area contributed by atoms with Gasteiger partial charge in [0, 0.05) is 5.39 Å². The first-order chi connectivity index (χ1) is 9.24. The van der Waals surface area contributed by atoms with E-state index in [1.807, 2.05) is 24.3 Å². The van der Waals surface area contributed by atoms with Gasteiger partial charge in [0.15, 0.2) is 0 Å². The van der Waals surface area contributed by atoms with E-state index in [2.05, 4.69) is 5.32 Å². The molecular weight excluding hydrogens is 242 g/mol. The molecule has 1 aliphatic rings. The van der Waals surface area contributed by atoms with Gasteiger partial charge < -0.3 is 14.8 Å². The Morgan fingerprint density at radius 1 is 1.32 bits per heavy atom. The summed E-state index contributed by atoms with van der Waals surface area (Å²) >= 11 is 0. The number of hydrogen-bond acceptors (Lipinski definition) is 3. The first kappa shape index (κ1) is 12.2. The van der Waals surface area contributed by atoms with Gasteiger partial charge in [0.2, 0.25) is 0 Å². The summed E-state index contributed by atoms with van der Waals surface area (Å²) in [5, 5.41) is 13.3. The lowest BCUT2D eigenvalue weighted by atomic mass is 9.98. The zero-order valence-electron chi connectivity index (χ0n) is 10.7. The maximum atomic E-state index is 12.4. The molecule has 0 spiro atoms. The van der Waals surface area contributed by atoms with Crippen LogP contribution < -0.4 is 5.32 Å². The molecule has 1 saturated carbocycles. The van der Waals surface area contributed by atoms with Crippen molar-refractivity contribution >= 4 is 16.9 Å².